The van der Waals surface area contributed by atoms with Gasteiger partial charge in [0.15, 0.2) is 5.71 Å². The smallest absolute Gasteiger partial charge is 0.200 e. The van der Waals surface area contributed by atoms with Crippen molar-refractivity contribution in [1.82, 2.24) is 0 Å². The average Bonchev–Trinajstić information content (AvgIpc) is 2.86. The van der Waals surface area contributed by atoms with Crippen molar-refractivity contribution in [2.45, 2.75) is 12.8 Å². The number of hydrogen-bond donors (Lipinski definition) is 1. The van der Waals surface area contributed by atoms with E-state index in [2.05, 4.69) is 66.8 Å². The van der Waals surface area contributed by atoms with E-state index in [0.29, 0.717) is 11.8 Å². The second-order valence-corrected chi connectivity index (χ2v) is 10.3. The van der Waals surface area contributed by atoms with Crippen molar-refractivity contribution >= 4 is 50.5 Å². The van der Waals surface area contributed by atoms with Crippen LogP contribution < -0.4 is 24.0 Å². The molecule has 0 aromatic heterocycles. The second kappa shape index (κ2) is 13.4. The molecular weight excluding hydrogens is 541 g/mol. The van der Waals surface area contributed by atoms with Crippen LogP contribution in [0, 0.1) is 10.2 Å². The van der Waals surface area contributed by atoms with E-state index < -0.39 is 10.2 Å². The molecule has 36 heavy (non-hydrogen) atoms. The van der Waals surface area contributed by atoms with Gasteiger partial charge in [-0.05, 0) is 58.9 Å². The maximum Gasteiger partial charge on any atom is 0.200 e. The first-order valence-corrected chi connectivity index (χ1v) is 14.1. The summed E-state index contributed by atoms with van der Waals surface area (Å²) in [6, 6.07) is 21.1. The largest absolute Gasteiger partial charge is 0.254 e. The van der Waals surface area contributed by atoms with E-state index in [0.717, 1.165) is 24.1 Å². The molecule has 0 saturated carbocycles. The van der Waals surface area contributed by atoms with E-state index in [4.69, 9.17) is 47.2 Å². The molecule has 2 N–H and O–H groups in total. The van der Waals surface area contributed by atoms with Crippen molar-refractivity contribution in [2.75, 3.05) is 11.8 Å². The molecular formula is C27H24Cl3NO4S. The van der Waals surface area contributed by atoms with Crippen LogP contribution in [0.5, 0.6) is 0 Å². The fourth-order valence-electron chi connectivity index (χ4n) is 3.90. The third-order valence-electron chi connectivity index (χ3n) is 5.38. The zero-order chi connectivity index (χ0) is 26.1. The van der Waals surface area contributed by atoms with Gasteiger partial charge in [-0.1, -0.05) is 72.4 Å². The summed E-state index contributed by atoms with van der Waals surface area (Å²) in [5, 5.41) is 6.33. The molecule has 2 aromatic rings. The Morgan fingerprint density at radius 2 is 1.14 bits per heavy atom. The summed E-state index contributed by atoms with van der Waals surface area (Å²) in [5.41, 5.74) is 7.87. The summed E-state index contributed by atoms with van der Waals surface area (Å²) >= 11 is 14.1. The standard InChI is InChI=1S/C27H23Cl2NS.ClHO4/c28-15-13-23-22(11-12-25(30)24(23)14-16-29)21-17-26(19-7-3-1-4-8-19)31-27(18-21)20-9-5-2-6-10-20;2-1(3,4)5/h1-12,17-18,30H,13-16H2;(H,2,3,4,5). The van der Waals surface area contributed by atoms with Gasteiger partial charge in [0.1, 0.15) is 0 Å². The predicted molar refractivity (Wildman–Crippen MR) is 137 cm³/mol. The molecule has 2 aromatic carbocycles. The van der Waals surface area contributed by atoms with Gasteiger partial charge in [0, 0.05) is 33.2 Å². The molecule has 188 valence electrons. The number of thioether (sulfide) groups is 1. The lowest BCUT2D eigenvalue weighted by Gasteiger charge is -2.22. The van der Waals surface area contributed by atoms with Crippen molar-refractivity contribution < 1.29 is 34.3 Å². The van der Waals surface area contributed by atoms with Crippen molar-refractivity contribution in [1.29, 1.82) is 0 Å². The van der Waals surface area contributed by atoms with Gasteiger partial charge < -0.3 is 0 Å². The monoisotopic (exact) mass is 563 g/mol. The number of nitrogens with two attached hydrogens (primary N) is 1. The lowest BCUT2D eigenvalue weighted by Crippen LogP contribution is -2.68. The molecule has 0 bridgehead atoms. The van der Waals surface area contributed by atoms with E-state index in [-0.39, 0.29) is 0 Å². The Morgan fingerprint density at radius 3 is 1.58 bits per heavy atom. The van der Waals surface area contributed by atoms with Gasteiger partial charge in [-0.15, -0.1) is 33.4 Å². The Morgan fingerprint density at radius 1 is 0.694 bits per heavy atom. The molecule has 0 amide bonds. The van der Waals surface area contributed by atoms with Gasteiger partial charge >= 0.3 is 0 Å². The molecule has 0 spiro atoms. The number of allylic oxidation sites excluding steroid dienone is 8. The van der Waals surface area contributed by atoms with Crippen molar-refractivity contribution in [3.63, 3.8) is 0 Å². The summed E-state index contributed by atoms with van der Waals surface area (Å²) in [4.78, 5) is 2.45. The molecule has 1 aliphatic carbocycles. The molecule has 9 heteroatoms. The maximum atomic E-state index is 8.49. The minimum atomic E-state index is -4.94. The number of halogens is 3. The van der Waals surface area contributed by atoms with E-state index in [1.165, 1.54) is 37.7 Å². The van der Waals surface area contributed by atoms with Crippen molar-refractivity contribution in [3.8, 4) is 0 Å². The zero-order valence-electron chi connectivity index (χ0n) is 19.2. The Hall–Kier alpha value is -2.13. The second-order valence-electron chi connectivity index (χ2n) is 7.72. The number of hydrogen-bond acceptors (Lipinski definition) is 5. The van der Waals surface area contributed by atoms with E-state index in [9.17, 15) is 0 Å². The maximum absolute atomic E-state index is 8.49. The van der Waals surface area contributed by atoms with Gasteiger partial charge in [-0.2, -0.15) is 0 Å². The number of alkyl halides is 2. The summed E-state index contributed by atoms with van der Waals surface area (Å²) < 4.78 is 34.0. The molecule has 0 fully saturated rings. The first-order chi connectivity index (χ1) is 17.2. The summed E-state index contributed by atoms with van der Waals surface area (Å²) in [6.07, 6.45) is 10.2. The third kappa shape index (κ3) is 8.20. The van der Waals surface area contributed by atoms with Gasteiger partial charge in [0.05, 0.1) is 0 Å². The Labute approximate surface area is 227 Å². The average molecular weight is 565 g/mol. The predicted octanol–water partition coefficient (Wildman–Crippen LogP) is 1.68. The molecule has 0 radical (unpaired) electrons. The lowest BCUT2D eigenvalue weighted by molar-refractivity contribution is -2.00. The quantitative estimate of drug-likeness (QED) is 0.536. The summed E-state index contributed by atoms with van der Waals surface area (Å²) in [7, 11) is -4.94. The van der Waals surface area contributed by atoms with Gasteiger partial charge in [-0.3, -0.25) is 5.41 Å². The van der Waals surface area contributed by atoms with Crippen LogP contribution in [0.25, 0.3) is 9.81 Å². The fourth-order valence-corrected chi connectivity index (χ4v) is 5.39. The highest BCUT2D eigenvalue weighted by Gasteiger charge is 2.24. The molecule has 0 atom stereocenters. The van der Waals surface area contributed by atoms with Crippen LogP contribution in [0.1, 0.15) is 24.0 Å². The topological polar surface area (TPSA) is 118 Å². The molecule has 2 aliphatic rings. The lowest BCUT2D eigenvalue weighted by atomic mass is 9.85. The molecule has 1 heterocycles. The molecule has 1 aliphatic heterocycles. The van der Waals surface area contributed by atoms with Gasteiger partial charge in [0.2, 0.25) is 0 Å². The zero-order valence-corrected chi connectivity index (χ0v) is 22.2. The van der Waals surface area contributed by atoms with Gasteiger partial charge in [-0.25, -0.2) is 18.6 Å². The van der Waals surface area contributed by atoms with Gasteiger partial charge in [0.25, 0.3) is 0 Å². The van der Waals surface area contributed by atoms with Crippen molar-refractivity contribution in [3.05, 3.63) is 118 Å². The minimum Gasteiger partial charge on any atom is -0.254 e. The SMILES string of the molecule is [NH2+]=C1C=CC(=C2C=C(c3ccccc3)SC(c3ccccc3)=C2)C(CCCl)=C1CCCl.[O-][Cl+3]([O-])([O-])[O-]. The van der Waals surface area contributed by atoms with Crippen LogP contribution in [0.4, 0.5) is 0 Å². The van der Waals surface area contributed by atoms with Crippen LogP contribution in [0.3, 0.4) is 0 Å². The van der Waals surface area contributed by atoms with Crippen LogP contribution in [0.15, 0.2) is 107 Å². The van der Waals surface area contributed by atoms with Crippen molar-refractivity contribution in [2.24, 2.45) is 0 Å². The summed E-state index contributed by atoms with van der Waals surface area (Å²) in [5.74, 6) is 1.07. The highest BCUT2D eigenvalue weighted by Crippen LogP contribution is 2.45. The fraction of sp³-hybridized carbons (Fsp3) is 0.148. The third-order valence-corrected chi connectivity index (χ3v) is 6.90. The Balaban J connectivity index is 0.000000658. The van der Waals surface area contributed by atoms with Crippen LogP contribution in [0.2, 0.25) is 0 Å². The molecule has 4 rings (SSSR count). The van der Waals surface area contributed by atoms with Crippen LogP contribution in [-0.2, 0) is 0 Å². The van der Waals surface area contributed by atoms with E-state index in [1.807, 2.05) is 18.2 Å². The summed E-state index contributed by atoms with van der Waals surface area (Å²) in [6.45, 7) is 0. The van der Waals surface area contributed by atoms with Crippen LogP contribution >= 0.6 is 35.0 Å². The normalized spacial score (nSPS) is 15.9. The minimum absolute atomic E-state index is 0.532. The Bertz CT molecular complexity index is 1170. The highest BCUT2D eigenvalue weighted by molar-refractivity contribution is 8.16. The number of rotatable bonds is 6. The van der Waals surface area contributed by atoms with E-state index in [1.54, 1.807) is 11.8 Å². The van der Waals surface area contributed by atoms with E-state index >= 15 is 0 Å². The molecule has 5 nitrogen and oxygen atoms in total. The molecule has 0 saturated heterocycles. The number of benzene rings is 2. The van der Waals surface area contributed by atoms with Crippen LogP contribution in [-0.4, -0.2) is 17.5 Å². The Kier molecular flexibility index (Phi) is 10.6. The first-order valence-electron chi connectivity index (χ1n) is 10.9. The first kappa shape index (κ1) is 28.4. The highest BCUT2D eigenvalue weighted by atomic mass is 35.7. The molecule has 0 unspecified atom stereocenters.